The minimum atomic E-state index is -1.29. The highest BCUT2D eigenvalue weighted by Crippen LogP contribution is 2.33. The molecule has 34 heavy (non-hydrogen) atoms. The van der Waals surface area contributed by atoms with Crippen molar-refractivity contribution in [1.82, 2.24) is 33.6 Å². The number of carbonyl (C=O) groups is 1. The number of imidazole rings is 2. The Morgan fingerprint density at radius 2 is 2.00 bits per heavy atom. The largest absolute Gasteiger partial charge is 0.386 e. The molecule has 4 heterocycles. The average Bonchev–Trinajstić information content (AvgIpc) is 3.43. The maximum atomic E-state index is 12.9. The number of aryl methyl sites for hydroxylation is 2. The molecule has 1 aliphatic rings. The highest BCUT2D eigenvalue weighted by molar-refractivity contribution is 5.77. The number of likely N-dealkylation sites (tertiary alicyclic amines) is 1. The van der Waals surface area contributed by atoms with Crippen LogP contribution < -0.4 is 11.2 Å². The van der Waals surface area contributed by atoms with Crippen LogP contribution in [0.25, 0.3) is 22.2 Å². The van der Waals surface area contributed by atoms with Gasteiger partial charge in [0.2, 0.25) is 5.91 Å². The van der Waals surface area contributed by atoms with Gasteiger partial charge in [0.25, 0.3) is 5.56 Å². The van der Waals surface area contributed by atoms with E-state index in [1.807, 2.05) is 24.3 Å². The van der Waals surface area contributed by atoms with Gasteiger partial charge in [-0.3, -0.25) is 18.7 Å². The summed E-state index contributed by atoms with van der Waals surface area (Å²) in [5.41, 5.74) is 0.123. The van der Waals surface area contributed by atoms with Crippen molar-refractivity contribution in [3.8, 4) is 0 Å². The van der Waals surface area contributed by atoms with Crippen LogP contribution in [0.4, 0.5) is 0 Å². The number of rotatable bonds is 4. The summed E-state index contributed by atoms with van der Waals surface area (Å²) in [5, 5.41) is 11.3. The summed E-state index contributed by atoms with van der Waals surface area (Å²) in [5.74, 6) is 0.690. The molecule has 3 aromatic heterocycles. The number of hydrogen-bond acceptors (Lipinski definition) is 6. The molecule has 0 bridgehead atoms. The molecule has 5 rings (SSSR count). The lowest BCUT2D eigenvalue weighted by Crippen LogP contribution is -2.54. The third kappa shape index (κ3) is 3.52. The normalized spacial score (nSPS) is 20.9. The van der Waals surface area contributed by atoms with Gasteiger partial charge in [-0.05, 0) is 25.5 Å². The van der Waals surface area contributed by atoms with E-state index in [0.717, 1.165) is 21.4 Å². The van der Waals surface area contributed by atoms with Gasteiger partial charge >= 0.3 is 5.69 Å². The number of β-amino-alcohol motifs (C(OH)–C–C–N with tert-alkyl or cyclic N) is 1. The zero-order valence-corrected chi connectivity index (χ0v) is 19.4. The first-order valence-electron chi connectivity index (χ1n) is 11.2. The molecule has 0 unspecified atom stereocenters. The van der Waals surface area contributed by atoms with Crippen molar-refractivity contribution < 1.29 is 9.90 Å². The van der Waals surface area contributed by atoms with Crippen molar-refractivity contribution in [3.05, 3.63) is 57.3 Å². The van der Waals surface area contributed by atoms with Gasteiger partial charge in [0, 0.05) is 33.5 Å². The fourth-order valence-electron chi connectivity index (χ4n) is 4.92. The molecule has 2 N–H and O–H groups in total. The van der Waals surface area contributed by atoms with Gasteiger partial charge < -0.3 is 19.6 Å². The number of aromatic amines is 1. The first kappa shape index (κ1) is 22.1. The fourth-order valence-corrected chi connectivity index (χ4v) is 4.92. The van der Waals surface area contributed by atoms with Gasteiger partial charge in [-0.15, -0.1) is 0 Å². The van der Waals surface area contributed by atoms with Crippen LogP contribution in [-0.2, 0) is 25.3 Å². The van der Waals surface area contributed by atoms with Gasteiger partial charge in [-0.2, -0.15) is 0 Å². The number of hydrogen-bond donors (Lipinski definition) is 2. The van der Waals surface area contributed by atoms with E-state index in [0.29, 0.717) is 19.4 Å². The quantitative estimate of drug-likeness (QED) is 0.450. The van der Waals surface area contributed by atoms with Crippen LogP contribution in [0.1, 0.15) is 31.6 Å². The van der Waals surface area contributed by atoms with Crippen molar-refractivity contribution >= 4 is 28.1 Å². The Balaban J connectivity index is 1.33. The van der Waals surface area contributed by atoms with E-state index < -0.39 is 22.9 Å². The summed E-state index contributed by atoms with van der Waals surface area (Å²) in [6.07, 6.45) is 2.69. The number of benzene rings is 1. The molecule has 178 valence electrons. The van der Waals surface area contributed by atoms with Crippen LogP contribution in [0.15, 0.2) is 40.2 Å². The highest BCUT2D eigenvalue weighted by atomic mass is 16.3. The smallest absolute Gasteiger partial charge is 0.332 e. The molecule has 0 spiro atoms. The molecule has 11 heteroatoms. The van der Waals surface area contributed by atoms with Crippen molar-refractivity contribution in [2.24, 2.45) is 14.1 Å². The van der Waals surface area contributed by atoms with E-state index in [2.05, 4.69) is 15.0 Å². The minimum absolute atomic E-state index is 0.0621. The number of aromatic nitrogens is 6. The lowest BCUT2D eigenvalue weighted by molar-refractivity contribution is -0.140. The molecular weight excluding hydrogens is 438 g/mol. The molecule has 1 aromatic carbocycles. The van der Waals surface area contributed by atoms with Gasteiger partial charge in [-0.25, -0.2) is 14.8 Å². The van der Waals surface area contributed by atoms with E-state index in [1.165, 1.54) is 17.9 Å². The second-order valence-corrected chi connectivity index (χ2v) is 9.21. The summed E-state index contributed by atoms with van der Waals surface area (Å²) >= 11 is 0. The Bertz CT molecular complexity index is 1490. The van der Waals surface area contributed by atoms with Crippen LogP contribution in [0.3, 0.4) is 0 Å². The number of amides is 1. The lowest BCUT2D eigenvalue weighted by Gasteiger charge is -2.43. The minimum Gasteiger partial charge on any atom is -0.386 e. The van der Waals surface area contributed by atoms with Crippen LogP contribution in [0.5, 0.6) is 0 Å². The van der Waals surface area contributed by atoms with Gasteiger partial charge in [-0.1, -0.05) is 12.1 Å². The van der Waals surface area contributed by atoms with Crippen molar-refractivity contribution in [2.75, 3.05) is 13.1 Å². The average molecular weight is 466 g/mol. The standard InChI is InChI=1S/C23H27N7O4/c1-23(34)12-29(18(31)9-8-17-25-14-6-4-5-7-15(14)26-17)11-10-16(23)30-13-24-20-19(30)21(32)28(3)22(33)27(20)2/h4-7,13,16,34H,8-12H2,1-3H3,(H,25,26)/t16-,23-/m1/s1. The molecule has 1 amide bonds. The Kier molecular flexibility index (Phi) is 5.16. The highest BCUT2D eigenvalue weighted by Gasteiger charge is 2.41. The molecule has 0 saturated carbocycles. The van der Waals surface area contributed by atoms with Crippen LogP contribution in [-0.4, -0.2) is 63.3 Å². The van der Waals surface area contributed by atoms with Crippen molar-refractivity contribution in [3.63, 3.8) is 0 Å². The van der Waals surface area contributed by atoms with Crippen molar-refractivity contribution in [2.45, 2.75) is 37.8 Å². The van der Waals surface area contributed by atoms with E-state index in [-0.39, 0.29) is 30.0 Å². The van der Waals surface area contributed by atoms with E-state index in [1.54, 1.807) is 23.4 Å². The topological polar surface area (TPSA) is 131 Å². The summed E-state index contributed by atoms with van der Waals surface area (Å²) in [6.45, 7) is 2.22. The Labute approximate surface area is 194 Å². The lowest BCUT2D eigenvalue weighted by atomic mass is 9.88. The predicted molar refractivity (Wildman–Crippen MR) is 125 cm³/mol. The summed E-state index contributed by atoms with van der Waals surface area (Å²) in [4.78, 5) is 51.7. The van der Waals surface area contributed by atoms with E-state index in [9.17, 15) is 19.5 Å². The number of para-hydroxylation sites is 2. The molecule has 0 aliphatic carbocycles. The summed E-state index contributed by atoms with van der Waals surface area (Å²) < 4.78 is 4.00. The van der Waals surface area contributed by atoms with Crippen LogP contribution >= 0.6 is 0 Å². The zero-order chi connectivity index (χ0) is 24.2. The third-order valence-corrected chi connectivity index (χ3v) is 6.78. The summed E-state index contributed by atoms with van der Waals surface area (Å²) in [7, 11) is 2.98. The fraction of sp³-hybridized carbons (Fsp3) is 0.435. The predicted octanol–water partition coefficient (Wildman–Crippen LogP) is 0.467. The first-order valence-corrected chi connectivity index (χ1v) is 11.2. The maximum Gasteiger partial charge on any atom is 0.332 e. The monoisotopic (exact) mass is 465 g/mol. The molecule has 11 nitrogen and oxygen atoms in total. The zero-order valence-electron chi connectivity index (χ0n) is 19.4. The number of fused-ring (bicyclic) bond motifs is 2. The number of nitrogens with one attached hydrogen (secondary N) is 1. The van der Waals surface area contributed by atoms with Crippen LogP contribution in [0, 0.1) is 0 Å². The number of aliphatic hydroxyl groups is 1. The number of piperidine rings is 1. The van der Waals surface area contributed by atoms with Crippen LogP contribution in [0.2, 0.25) is 0 Å². The molecule has 1 fully saturated rings. The first-order chi connectivity index (χ1) is 16.2. The second-order valence-electron chi connectivity index (χ2n) is 9.21. The molecule has 1 aliphatic heterocycles. The molecule has 1 saturated heterocycles. The van der Waals surface area contributed by atoms with Crippen molar-refractivity contribution in [1.29, 1.82) is 0 Å². The maximum absolute atomic E-state index is 12.9. The molecule has 0 radical (unpaired) electrons. The SMILES string of the molecule is Cn1c(=O)c2c(ncn2[C@@H]2CCN(C(=O)CCc3nc4ccccc4[nH]3)C[C@@]2(C)O)n(C)c1=O. The Hall–Kier alpha value is -3.73. The number of nitrogens with zero attached hydrogens (tertiary/aromatic N) is 6. The second kappa shape index (κ2) is 7.94. The third-order valence-electron chi connectivity index (χ3n) is 6.78. The molecule has 4 aromatic rings. The molecular formula is C23H27N7O4. The number of H-pyrrole nitrogens is 1. The van der Waals surface area contributed by atoms with E-state index in [4.69, 9.17) is 0 Å². The van der Waals surface area contributed by atoms with E-state index >= 15 is 0 Å². The van der Waals surface area contributed by atoms with Gasteiger partial charge in [0.1, 0.15) is 11.4 Å². The van der Waals surface area contributed by atoms with Gasteiger partial charge in [0.05, 0.1) is 29.9 Å². The number of carbonyl (C=O) groups excluding carboxylic acids is 1. The van der Waals surface area contributed by atoms with Gasteiger partial charge in [0.15, 0.2) is 11.2 Å². The Morgan fingerprint density at radius 3 is 2.74 bits per heavy atom. The summed E-state index contributed by atoms with van der Waals surface area (Å²) in [6, 6.07) is 7.25. The Morgan fingerprint density at radius 1 is 1.24 bits per heavy atom. The molecule has 2 atom stereocenters.